The van der Waals surface area contributed by atoms with E-state index in [1.165, 1.54) is 0 Å². The molecule has 0 radical (unpaired) electrons. The summed E-state index contributed by atoms with van der Waals surface area (Å²) in [6.45, 7) is 6.19. The van der Waals surface area contributed by atoms with Crippen molar-refractivity contribution in [3.63, 3.8) is 0 Å². The van der Waals surface area contributed by atoms with Crippen LogP contribution in [0.25, 0.3) is 10.9 Å². The molecule has 0 atom stereocenters. The van der Waals surface area contributed by atoms with Crippen molar-refractivity contribution in [2.45, 2.75) is 27.3 Å². The third kappa shape index (κ3) is 3.90. The molecular weight excluding hydrogens is 372 g/mol. The van der Waals surface area contributed by atoms with E-state index >= 15 is 0 Å². The van der Waals surface area contributed by atoms with E-state index < -0.39 is 0 Å². The van der Waals surface area contributed by atoms with E-state index in [0.29, 0.717) is 11.1 Å². The van der Waals surface area contributed by atoms with Crippen molar-refractivity contribution in [2.24, 2.45) is 0 Å². The van der Waals surface area contributed by atoms with Crippen molar-refractivity contribution in [2.75, 3.05) is 4.90 Å². The maximum absolute atomic E-state index is 13.5. The molecule has 1 amide bonds. The number of hydrogen-bond donors (Lipinski definition) is 1. The Bertz CT molecular complexity index is 1290. The topological polar surface area (TPSA) is 53.2 Å². The molecule has 0 aliphatic rings. The van der Waals surface area contributed by atoms with Crippen LogP contribution in [0.3, 0.4) is 0 Å². The molecule has 0 aliphatic carbocycles. The number of fused-ring (bicyclic) bond motifs is 1. The van der Waals surface area contributed by atoms with Gasteiger partial charge in [0.1, 0.15) is 0 Å². The first kappa shape index (κ1) is 19.6. The van der Waals surface area contributed by atoms with Gasteiger partial charge in [0.15, 0.2) is 0 Å². The van der Waals surface area contributed by atoms with Crippen LogP contribution in [-0.2, 0) is 6.54 Å². The fraction of sp³-hybridized carbons (Fsp3) is 0.154. The molecule has 0 unspecified atom stereocenters. The standard InChI is InChI=1S/C26H24N2O2/c1-17-10-12-23-21(13-17)15-22(25(29)27-23)16-28(24-14-18(2)9-11-19(24)3)26(30)20-7-5-4-6-8-20/h4-15H,16H2,1-3H3,(H,27,29). The number of amides is 1. The lowest BCUT2D eigenvalue weighted by Gasteiger charge is -2.25. The molecule has 4 nitrogen and oxygen atoms in total. The van der Waals surface area contributed by atoms with Crippen molar-refractivity contribution in [1.29, 1.82) is 0 Å². The fourth-order valence-corrected chi connectivity index (χ4v) is 3.67. The highest BCUT2D eigenvalue weighted by Crippen LogP contribution is 2.25. The van der Waals surface area contributed by atoms with Crippen molar-refractivity contribution >= 4 is 22.5 Å². The van der Waals surface area contributed by atoms with Crippen LogP contribution in [0.1, 0.15) is 32.6 Å². The minimum absolute atomic E-state index is 0.131. The molecule has 30 heavy (non-hydrogen) atoms. The van der Waals surface area contributed by atoms with Crippen LogP contribution in [0.5, 0.6) is 0 Å². The van der Waals surface area contributed by atoms with E-state index in [9.17, 15) is 9.59 Å². The first-order chi connectivity index (χ1) is 14.4. The molecule has 0 fully saturated rings. The lowest BCUT2D eigenvalue weighted by atomic mass is 10.1. The first-order valence-corrected chi connectivity index (χ1v) is 9.99. The van der Waals surface area contributed by atoms with Gasteiger partial charge in [-0.3, -0.25) is 9.59 Å². The molecule has 0 saturated carbocycles. The quantitative estimate of drug-likeness (QED) is 0.509. The number of anilines is 1. The Labute approximate surface area is 175 Å². The van der Waals surface area contributed by atoms with Crippen molar-refractivity contribution in [3.05, 3.63) is 111 Å². The third-order valence-electron chi connectivity index (χ3n) is 5.33. The molecule has 1 aromatic heterocycles. The number of hydrogen-bond acceptors (Lipinski definition) is 2. The third-order valence-corrected chi connectivity index (χ3v) is 5.33. The Balaban J connectivity index is 1.83. The lowest BCUT2D eigenvalue weighted by Crippen LogP contribution is -2.33. The molecule has 0 bridgehead atoms. The van der Waals surface area contributed by atoms with E-state index in [1.807, 2.05) is 81.4 Å². The molecule has 1 N–H and O–H groups in total. The molecule has 4 heteroatoms. The fourth-order valence-electron chi connectivity index (χ4n) is 3.67. The van der Waals surface area contributed by atoms with Gasteiger partial charge in [-0.2, -0.15) is 0 Å². The zero-order valence-electron chi connectivity index (χ0n) is 17.4. The number of carbonyl (C=O) groups is 1. The van der Waals surface area contributed by atoms with E-state index in [-0.39, 0.29) is 18.0 Å². The predicted octanol–water partition coefficient (Wildman–Crippen LogP) is 5.30. The summed E-state index contributed by atoms with van der Waals surface area (Å²) in [6.07, 6.45) is 0. The van der Waals surface area contributed by atoms with Crippen molar-refractivity contribution < 1.29 is 4.79 Å². The van der Waals surface area contributed by atoms with Gasteiger partial charge in [-0.05, 0) is 73.7 Å². The molecule has 4 aromatic rings. The van der Waals surface area contributed by atoms with E-state index in [4.69, 9.17) is 0 Å². The number of aromatic amines is 1. The second kappa shape index (κ2) is 7.99. The van der Waals surface area contributed by atoms with Crippen LogP contribution in [0.15, 0.2) is 77.6 Å². The van der Waals surface area contributed by atoms with Crippen LogP contribution < -0.4 is 10.5 Å². The van der Waals surface area contributed by atoms with Crippen LogP contribution >= 0.6 is 0 Å². The van der Waals surface area contributed by atoms with Crippen molar-refractivity contribution in [3.8, 4) is 0 Å². The number of pyridine rings is 1. The molecule has 0 spiro atoms. The molecule has 3 aromatic carbocycles. The van der Waals surface area contributed by atoms with E-state index in [2.05, 4.69) is 4.98 Å². The zero-order chi connectivity index (χ0) is 21.3. The van der Waals surface area contributed by atoms with Gasteiger partial charge in [-0.15, -0.1) is 0 Å². The summed E-state index contributed by atoms with van der Waals surface area (Å²) in [7, 11) is 0. The van der Waals surface area contributed by atoms with Gasteiger partial charge in [0, 0.05) is 22.3 Å². The number of carbonyl (C=O) groups excluding carboxylic acids is 1. The monoisotopic (exact) mass is 396 g/mol. The lowest BCUT2D eigenvalue weighted by molar-refractivity contribution is 0.0985. The number of aromatic nitrogens is 1. The molecule has 4 rings (SSSR count). The Kier molecular flexibility index (Phi) is 5.23. The highest BCUT2D eigenvalue weighted by atomic mass is 16.2. The number of H-pyrrole nitrogens is 1. The summed E-state index contributed by atoms with van der Waals surface area (Å²) < 4.78 is 0. The maximum Gasteiger partial charge on any atom is 0.258 e. The second-order valence-electron chi connectivity index (χ2n) is 7.76. The second-order valence-corrected chi connectivity index (χ2v) is 7.76. The molecule has 150 valence electrons. The van der Waals surface area contributed by atoms with E-state index in [0.717, 1.165) is 33.3 Å². The average molecular weight is 396 g/mol. The summed E-state index contributed by atoms with van der Waals surface area (Å²) in [4.78, 5) is 30.9. The largest absolute Gasteiger partial charge is 0.322 e. The van der Waals surface area contributed by atoms with Crippen LogP contribution in [0.2, 0.25) is 0 Å². The van der Waals surface area contributed by atoms with Crippen LogP contribution in [-0.4, -0.2) is 10.9 Å². The van der Waals surface area contributed by atoms with Crippen LogP contribution in [0, 0.1) is 20.8 Å². The van der Waals surface area contributed by atoms with Gasteiger partial charge < -0.3 is 9.88 Å². The summed E-state index contributed by atoms with van der Waals surface area (Å²) in [5.41, 5.74) is 5.73. The number of nitrogens with zero attached hydrogens (tertiary/aromatic N) is 1. The number of nitrogens with one attached hydrogen (secondary N) is 1. The van der Waals surface area contributed by atoms with Gasteiger partial charge in [-0.1, -0.05) is 42.0 Å². The summed E-state index contributed by atoms with van der Waals surface area (Å²) in [5, 5.41) is 0.956. The minimum Gasteiger partial charge on any atom is -0.322 e. The first-order valence-electron chi connectivity index (χ1n) is 9.99. The maximum atomic E-state index is 13.5. The molecule has 0 aliphatic heterocycles. The van der Waals surface area contributed by atoms with Gasteiger partial charge in [-0.25, -0.2) is 0 Å². The Morgan fingerprint density at radius 3 is 2.33 bits per heavy atom. The smallest absolute Gasteiger partial charge is 0.258 e. The number of rotatable bonds is 4. The highest BCUT2D eigenvalue weighted by Gasteiger charge is 2.21. The van der Waals surface area contributed by atoms with Gasteiger partial charge in [0.2, 0.25) is 0 Å². The molecule has 0 saturated heterocycles. The Morgan fingerprint density at radius 1 is 0.867 bits per heavy atom. The Morgan fingerprint density at radius 2 is 1.57 bits per heavy atom. The minimum atomic E-state index is -0.178. The average Bonchev–Trinajstić information content (AvgIpc) is 2.74. The normalized spacial score (nSPS) is 10.9. The molecular formula is C26H24N2O2. The summed E-state index contributed by atoms with van der Waals surface area (Å²) in [5.74, 6) is -0.131. The number of aryl methyl sites for hydroxylation is 3. The Hall–Kier alpha value is -3.66. The van der Waals surface area contributed by atoms with Crippen molar-refractivity contribution in [1.82, 2.24) is 4.98 Å². The summed E-state index contributed by atoms with van der Waals surface area (Å²) >= 11 is 0. The highest BCUT2D eigenvalue weighted by molar-refractivity contribution is 6.06. The predicted molar refractivity (Wildman–Crippen MR) is 122 cm³/mol. The molecule has 1 heterocycles. The van der Waals surface area contributed by atoms with Gasteiger partial charge >= 0.3 is 0 Å². The summed E-state index contributed by atoms with van der Waals surface area (Å²) in [6, 6.07) is 23.0. The zero-order valence-corrected chi connectivity index (χ0v) is 17.4. The van der Waals surface area contributed by atoms with Crippen LogP contribution in [0.4, 0.5) is 5.69 Å². The number of benzene rings is 3. The van der Waals surface area contributed by atoms with Gasteiger partial charge in [0.25, 0.3) is 11.5 Å². The van der Waals surface area contributed by atoms with E-state index in [1.54, 1.807) is 17.0 Å². The van der Waals surface area contributed by atoms with Gasteiger partial charge in [0.05, 0.1) is 6.54 Å². The SMILES string of the molecule is Cc1ccc(C)c(N(Cc2cc3cc(C)ccc3[nH]c2=O)C(=O)c2ccccc2)c1.